The van der Waals surface area contributed by atoms with Crippen molar-refractivity contribution in [2.45, 2.75) is 25.4 Å². The van der Waals surface area contributed by atoms with Crippen LogP contribution in [0.1, 0.15) is 29.7 Å². The Balaban J connectivity index is 1.25. The summed E-state index contributed by atoms with van der Waals surface area (Å²) in [5.41, 5.74) is 16.1. The number of aromatic amines is 2. The van der Waals surface area contributed by atoms with Gasteiger partial charge in [-0.05, 0) is 73.5 Å². The van der Waals surface area contributed by atoms with Gasteiger partial charge in [0.25, 0.3) is 0 Å². The van der Waals surface area contributed by atoms with Crippen molar-refractivity contribution in [3.05, 3.63) is 96.0 Å². The van der Waals surface area contributed by atoms with Crippen molar-refractivity contribution >= 4 is 16.5 Å². The lowest BCUT2D eigenvalue weighted by Gasteiger charge is -2.23. The number of H-pyrrole nitrogens is 2. The molecule has 0 atom stereocenters. The Bertz CT molecular complexity index is 1670. The summed E-state index contributed by atoms with van der Waals surface area (Å²) in [4.78, 5) is 8.06. The molecule has 8 heteroatoms. The monoisotopic (exact) mass is 504 g/mol. The maximum Gasteiger partial charge on any atom is 0.138 e. The molecule has 5 aromatic rings. The van der Waals surface area contributed by atoms with Gasteiger partial charge in [0.1, 0.15) is 17.5 Å². The van der Waals surface area contributed by atoms with Crippen molar-refractivity contribution in [1.82, 2.24) is 25.5 Å². The van der Waals surface area contributed by atoms with E-state index in [1.807, 2.05) is 18.3 Å². The third kappa shape index (κ3) is 4.18. The summed E-state index contributed by atoms with van der Waals surface area (Å²) in [5.74, 6) is 0.805. The zero-order valence-electron chi connectivity index (χ0n) is 20.8. The molecule has 0 amide bonds. The van der Waals surface area contributed by atoms with E-state index in [0.717, 1.165) is 93.2 Å². The molecule has 190 valence electrons. The number of nitrogens with one attached hydrogen (secondary N) is 3. The quantitative estimate of drug-likeness (QED) is 0.262. The number of piperidine rings is 1. The van der Waals surface area contributed by atoms with Crippen LogP contribution in [0.3, 0.4) is 0 Å². The Morgan fingerprint density at radius 3 is 2.76 bits per heavy atom. The normalized spacial score (nSPS) is 16.1. The molecule has 4 aromatic heterocycles. The molecular formula is C30H28N6O2. The van der Waals surface area contributed by atoms with E-state index in [-0.39, 0.29) is 6.10 Å². The minimum absolute atomic E-state index is 0.226. The number of nitrogens with two attached hydrogens (primary N) is 1. The average Bonchev–Trinajstić information content (AvgIpc) is 3.69. The van der Waals surface area contributed by atoms with E-state index in [1.165, 1.54) is 0 Å². The van der Waals surface area contributed by atoms with Gasteiger partial charge in [0.15, 0.2) is 0 Å². The zero-order valence-corrected chi connectivity index (χ0v) is 20.8. The largest absolute Gasteiger partial charge is 0.489 e. The number of fused-ring (bicyclic) bond motifs is 2. The number of furan rings is 1. The third-order valence-electron chi connectivity index (χ3n) is 7.32. The van der Waals surface area contributed by atoms with Gasteiger partial charge >= 0.3 is 0 Å². The highest BCUT2D eigenvalue weighted by molar-refractivity contribution is 5.96. The number of allylic oxidation sites excluding steroid dienone is 3. The standard InChI is InChI=1S/C30H28N6O2/c31-21-2-3-24(19-7-10-37-17-19)25-14-29(34-28(25)13-21)30-26-12-18(1-4-27(26)35-36-30)20-11-23(16-33-15-20)38-22-5-8-32-9-6-22/h1-4,7,10-12,14-17,22,32,34H,5-6,8-9,13,31H2,(H,35,36). The number of aromatic nitrogens is 4. The van der Waals surface area contributed by atoms with Crippen LogP contribution in [0.25, 0.3) is 39.0 Å². The number of pyridine rings is 1. The molecule has 1 aromatic carbocycles. The van der Waals surface area contributed by atoms with Gasteiger partial charge in [-0.1, -0.05) is 12.1 Å². The Morgan fingerprint density at radius 1 is 0.974 bits per heavy atom. The van der Waals surface area contributed by atoms with Crippen LogP contribution in [0.2, 0.25) is 0 Å². The summed E-state index contributed by atoms with van der Waals surface area (Å²) in [6, 6.07) is 12.5. The first-order chi connectivity index (χ1) is 18.7. The highest BCUT2D eigenvalue weighted by atomic mass is 16.5. The molecule has 1 saturated heterocycles. The third-order valence-corrected chi connectivity index (χ3v) is 7.32. The van der Waals surface area contributed by atoms with E-state index in [1.54, 1.807) is 18.7 Å². The molecule has 0 spiro atoms. The number of benzene rings is 1. The smallest absolute Gasteiger partial charge is 0.138 e. The van der Waals surface area contributed by atoms with Crippen LogP contribution in [0.4, 0.5) is 0 Å². The van der Waals surface area contributed by atoms with E-state index in [0.29, 0.717) is 6.42 Å². The Morgan fingerprint density at radius 2 is 1.89 bits per heavy atom. The topological polar surface area (TPSA) is 118 Å². The fraction of sp³-hybridized carbons (Fsp3) is 0.200. The minimum atomic E-state index is 0.226. The van der Waals surface area contributed by atoms with Crippen LogP contribution in [0.5, 0.6) is 5.75 Å². The highest BCUT2D eigenvalue weighted by Crippen LogP contribution is 2.36. The molecule has 2 aliphatic rings. The van der Waals surface area contributed by atoms with Crippen molar-refractivity contribution < 1.29 is 9.15 Å². The summed E-state index contributed by atoms with van der Waals surface area (Å²) in [6.07, 6.45) is 14.0. The van der Waals surface area contributed by atoms with E-state index < -0.39 is 0 Å². The predicted octanol–water partition coefficient (Wildman–Crippen LogP) is 5.17. The average molecular weight is 505 g/mol. The molecule has 5 N–H and O–H groups in total. The molecule has 0 saturated carbocycles. The second-order valence-corrected chi connectivity index (χ2v) is 9.90. The van der Waals surface area contributed by atoms with Crippen molar-refractivity contribution in [2.24, 2.45) is 5.73 Å². The predicted molar refractivity (Wildman–Crippen MR) is 147 cm³/mol. The van der Waals surface area contributed by atoms with Crippen LogP contribution in [-0.4, -0.2) is 39.4 Å². The lowest BCUT2D eigenvalue weighted by molar-refractivity contribution is 0.162. The SMILES string of the molecule is NC1=CC=C(c2ccoc2)c2cc(-c3n[nH]c4ccc(-c5cncc(OC6CCNCC6)c5)cc34)[nH]c2C1. The van der Waals surface area contributed by atoms with Gasteiger partial charge in [0.05, 0.1) is 29.9 Å². The first-order valence-electron chi connectivity index (χ1n) is 12.9. The van der Waals surface area contributed by atoms with Gasteiger partial charge in [0, 0.05) is 46.1 Å². The highest BCUT2D eigenvalue weighted by Gasteiger charge is 2.21. The first kappa shape index (κ1) is 22.6. The van der Waals surface area contributed by atoms with Crippen molar-refractivity contribution in [2.75, 3.05) is 13.1 Å². The molecule has 0 radical (unpaired) electrons. The molecule has 5 heterocycles. The van der Waals surface area contributed by atoms with E-state index >= 15 is 0 Å². The van der Waals surface area contributed by atoms with Gasteiger partial charge in [-0.25, -0.2) is 0 Å². The number of hydrogen-bond donors (Lipinski definition) is 4. The summed E-state index contributed by atoms with van der Waals surface area (Å²) >= 11 is 0. The number of rotatable bonds is 5. The molecule has 7 rings (SSSR count). The second kappa shape index (κ2) is 9.39. The van der Waals surface area contributed by atoms with Crippen molar-refractivity contribution in [1.29, 1.82) is 0 Å². The van der Waals surface area contributed by atoms with Gasteiger partial charge < -0.3 is 25.2 Å². The summed E-state index contributed by atoms with van der Waals surface area (Å²) in [5, 5.41) is 12.3. The molecule has 1 aliphatic carbocycles. The zero-order chi connectivity index (χ0) is 25.5. The number of nitrogens with zero attached hydrogens (tertiary/aromatic N) is 2. The van der Waals surface area contributed by atoms with E-state index in [4.69, 9.17) is 14.9 Å². The van der Waals surface area contributed by atoms with Crippen LogP contribution < -0.4 is 15.8 Å². The van der Waals surface area contributed by atoms with Crippen molar-refractivity contribution in [3.8, 4) is 28.3 Å². The van der Waals surface area contributed by atoms with Gasteiger partial charge in [0.2, 0.25) is 0 Å². The van der Waals surface area contributed by atoms with Crippen LogP contribution >= 0.6 is 0 Å². The van der Waals surface area contributed by atoms with Crippen LogP contribution in [-0.2, 0) is 6.42 Å². The first-order valence-corrected chi connectivity index (χ1v) is 12.9. The Labute approximate surface area is 219 Å². The summed E-state index contributed by atoms with van der Waals surface area (Å²) < 4.78 is 11.6. The Kier molecular flexibility index (Phi) is 5.59. The molecular weight excluding hydrogens is 476 g/mol. The molecule has 1 aliphatic heterocycles. The summed E-state index contributed by atoms with van der Waals surface area (Å²) in [6.45, 7) is 1.98. The van der Waals surface area contributed by atoms with Crippen LogP contribution in [0, 0.1) is 0 Å². The lowest BCUT2D eigenvalue weighted by atomic mass is 9.99. The maximum atomic E-state index is 6.27. The molecule has 0 bridgehead atoms. The lowest BCUT2D eigenvalue weighted by Crippen LogP contribution is -2.34. The van der Waals surface area contributed by atoms with Gasteiger partial charge in [-0.2, -0.15) is 5.10 Å². The molecule has 8 nitrogen and oxygen atoms in total. The number of hydrogen-bond acceptors (Lipinski definition) is 6. The Hall–Kier alpha value is -4.56. The fourth-order valence-electron chi connectivity index (χ4n) is 5.36. The van der Waals surface area contributed by atoms with Gasteiger partial charge in [-0.15, -0.1) is 0 Å². The molecule has 1 fully saturated rings. The molecule has 38 heavy (non-hydrogen) atoms. The molecule has 0 unspecified atom stereocenters. The number of ether oxygens (including phenoxy) is 1. The van der Waals surface area contributed by atoms with Crippen LogP contribution in [0.15, 0.2) is 83.6 Å². The van der Waals surface area contributed by atoms with Crippen molar-refractivity contribution in [3.63, 3.8) is 0 Å². The maximum absolute atomic E-state index is 6.27. The van der Waals surface area contributed by atoms with E-state index in [2.05, 4.69) is 61.9 Å². The minimum Gasteiger partial charge on any atom is -0.489 e. The van der Waals surface area contributed by atoms with Gasteiger partial charge in [-0.3, -0.25) is 10.1 Å². The summed E-state index contributed by atoms with van der Waals surface area (Å²) in [7, 11) is 0. The fourth-order valence-corrected chi connectivity index (χ4v) is 5.36. The second-order valence-electron chi connectivity index (χ2n) is 9.90. The van der Waals surface area contributed by atoms with E-state index in [9.17, 15) is 0 Å².